The van der Waals surface area contributed by atoms with Gasteiger partial charge in [0, 0.05) is 24.3 Å². The number of carboxylic acid groups (broad SMARTS) is 1. The van der Waals surface area contributed by atoms with Crippen molar-refractivity contribution in [2.75, 3.05) is 19.0 Å². The van der Waals surface area contributed by atoms with E-state index in [1.54, 1.807) is 25.1 Å². The van der Waals surface area contributed by atoms with Gasteiger partial charge in [-0.1, -0.05) is 17.7 Å². The van der Waals surface area contributed by atoms with Gasteiger partial charge in [-0.3, -0.25) is 14.7 Å². The molecule has 0 spiro atoms. The van der Waals surface area contributed by atoms with Crippen LogP contribution in [-0.2, 0) is 10.2 Å². The van der Waals surface area contributed by atoms with Crippen molar-refractivity contribution in [1.82, 2.24) is 20.1 Å². The first-order chi connectivity index (χ1) is 16.7. The molecule has 1 aliphatic heterocycles. The van der Waals surface area contributed by atoms with E-state index >= 15 is 0 Å². The number of piperidine rings is 1. The fourth-order valence-corrected chi connectivity index (χ4v) is 4.66. The summed E-state index contributed by atoms with van der Waals surface area (Å²) in [4.78, 5) is 31.8. The van der Waals surface area contributed by atoms with Gasteiger partial charge in [0.05, 0.1) is 23.4 Å². The van der Waals surface area contributed by atoms with Crippen LogP contribution in [0.4, 0.5) is 16.0 Å². The summed E-state index contributed by atoms with van der Waals surface area (Å²) in [5.41, 5.74) is -0.330. The zero-order valence-electron chi connectivity index (χ0n) is 19.4. The van der Waals surface area contributed by atoms with Gasteiger partial charge in [-0.05, 0) is 51.0 Å². The van der Waals surface area contributed by atoms with Crippen LogP contribution in [0.5, 0.6) is 5.75 Å². The summed E-state index contributed by atoms with van der Waals surface area (Å²) in [6.45, 7) is 3.70. The molecule has 3 N–H and O–H groups in total. The number of hydrogen-bond acceptors (Lipinski definition) is 6. The minimum Gasteiger partial charge on any atom is -0.493 e. The van der Waals surface area contributed by atoms with Gasteiger partial charge in [0.2, 0.25) is 0 Å². The largest absolute Gasteiger partial charge is 0.493 e. The SMILES string of the molecule is COc1ccc(C2(C(=O)O)CCN(C(=O)c3cccc(Cl)c3F)C(C)C2)nc1Nc1cc(C)[nH]n1. The number of benzene rings is 1. The zero-order chi connectivity index (χ0) is 25.3. The summed E-state index contributed by atoms with van der Waals surface area (Å²) in [5.74, 6) is -1.12. The molecule has 35 heavy (non-hydrogen) atoms. The molecule has 0 radical (unpaired) electrons. The van der Waals surface area contributed by atoms with E-state index in [0.717, 1.165) is 5.69 Å². The lowest BCUT2D eigenvalue weighted by Crippen LogP contribution is -2.53. The number of methoxy groups -OCH3 is 1. The van der Waals surface area contributed by atoms with Gasteiger partial charge in [-0.15, -0.1) is 0 Å². The van der Waals surface area contributed by atoms with Gasteiger partial charge in [-0.2, -0.15) is 5.10 Å². The van der Waals surface area contributed by atoms with Crippen LogP contribution < -0.4 is 10.1 Å². The number of aryl methyl sites for hydroxylation is 1. The molecular formula is C24H25ClFN5O4. The molecule has 1 aliphatic rings. The third-order valence-electron chi connectivity index (χ3n) is 6.33. The molecule has 4 rings (SSSR count). The second-order valence-electron chi connectivity index (χ2n) is 8.60. The molecule has 2 unspecified atom stereocenters. The molecule has 1 fully saturated rings. The number of rotatable bonds is 6. The number of H-pyrrole nitrogens is 1. The van der Waals surface area contributed by atoms with Gasteiger partial charge in [0.1, 0.15) is 5.41 Å². The van der Waals surface area contributed by atoms with E-state index in [-0.39, 0.29) is 30.0 Å². The average molecular weight is 502 g/mol. The van der Waals surface area contributed by atoms with E-state index in [0.29, 0.717) is 23.1 Å². The van der Waals surface area contributed by atoms with Crippen molar-refractivity contribution >= 4 is 35.1 Å². The van der Waals surface area contributed by atoms with Crippen LogP contribution in [0.15, 0.2) is 36.4 Å². The minimum absolute atomic E-state index is 0.0938. The molecule has 3 heterocycles. The Kier molecular flexibility index (Phi) is 6.66. The normalized spacial score (nSPS) is 19.9. The third kappa shape index (κ3) is 4.53. The Morgan fingerprint density at radius 2 is 2.11 bits per heavy atom. The second-order valence-corrected chi connectivity index (χ2v) is 9.01. The highest BCUT2D eigenvalue weighted by atomic mass is 35.5. The summed E-state index contributed by atoms with van der Waals surface area (Å²) < 4.78 is 19.9. The van der Waals surface area contributed by atoms with Gasteiger partial charge in [0.15, 0.2) is 23.2 Å². The van der Waals surface area contributed by atoms with Crippen LogP contribution in [-0.4, -0.2) is 56.8 Å². The number of likely N-dealkylation sites (tertiary alicyclic amines) is 1. The Bertz CT molecular complexity index is 1280. The van der Waals surface area contributed by atoms with E-state index in [1.165, 1.54) is 30.2 Å². The summed E-state index contributed by atoms with van der Waals surface area (Å²) in [6, 6.07) is 8.80. The van der Waals surface area contributed by atoms with E-state index in [9.17, 15) is 19.1 Å². The fraction of sp³-hybridized carbons (Fsp3) is 0.333. The molecule has 0 saturated carbocycles. The van der Waals surface area contributed by atoms with Crippen LogP contribution in [0.25, 0.3) is 0 Å². The molecule has 3 aromatic rings. The molecule has 0 bridgehead atoms. The number of carbonyl (C=O) groups is 2. The molecule has 1 amide bonds. The highest BCUT2D eigenvalue weighted by Gasteiger charge is 2.48. The number of aromatic nitrogens is 3. The number of aliphatic carboxylic acids is 1. The lowest BCUT2D eigenvalue weighted by Gasteiger charge is -2.43. The van der Waals surface area contributed by atoms with E-state index in [4.69, 9.17) is 16.3 Å². The number of pyridine rings is 1. The Morgan fingerprint density at radius 3 is 2.74 bits per heavy atom. The highest BCUT2D eigenvalue weighted by Crippen LogP contribution is 2.40. The quantitative estimate of drug-likeness (QED) is 0.460. The van der Waals surface area contributed by atoms with Gasteiger partial charge < -0.3 is 20.1 Å². The van der Waals surface area contributed by atoms with Crippen LogP contribution in [0.1, 0.15) is 41.5 Å². The number of amides is 1. The maximum atomic E-state index is 14.5. The average Bonchev–Trinajstić information content (AvgIpc) is 3.24. The smallest absolute Gasteiger partial charge is 0.315 e. The van der Waals surface area contributed by atoms with Crippen molar-refractivity contribution in [2.45, 2.75) is 38.1 Å². The molecule has 2 aromatic heterocycles. The Balaban J connectivity index is 1.65. The molecule has 184 valence electrons. The third-order valence-corrected chi connectivity index (χ3v) is 6.62. The van der Waals surface area contributed by atoms with Crippen LogP contribution in [0.3, 0.4) is 0 Å². The number of anilines is 2. The first-order valence-corrected chi connectivity index (χ1v) is 11.4. The monoisotopic (exact) mass is 501 g/mol. The predicted octanol–water partition coefficient (Wildman–Crippen LogP) is 4.30. The molecule has 2 atom stereocenters. The summed E-state index contributed by atoms with van der Waals surface area (Å²) in [6.07, 6.45) is 0.192. The maximum Gasteiger partial charge on any atom is 0.315 e. The Hall–Kier alpha value is -3.66. The lowest BCUT2D eigenvalue weighted by molar-refractivity contribution is -0.146. The van der Waals surface area contributed by atoms with Crippen LogP contribution in [0, 0.1) is 12.7 Å². The summed E-state index contributed by atoms with van der Waals surface area (Å²) >= 11 is 5.84. The first-order valence-electron chi connectivity index (χ1n) is 11.0. The first kappa shape index (κ1) is 24.5. The second kappa shape index (κ2) is 9.53. The topological polar surface area (TPSA) is 120 Å². The number of carboxylic acids is 1. The van der Waals surface area contributed by atoms with Crippen molar-refractivity contribution in [3.05, 3.63) is 64.2 Å². The van der Waals surface area contributed by atoms with E-state index in [2.05, 4.69) is 20.5 Å². The molecule has 0 aliphatic carbocycles. The van der Waals surface area contributed by atoms with Gasteiger partial charge >= 0.3 is 5.97 Å². The molecule has 1 aromatic carbocycles. The van der Waals surface area contributed by atoms with Crippen molar-refractivity contribution in [3.8, 4) is 5.75 Å². The Labute approximate surface area is 206 Å². The predicted molar refractivity (Wildman–Crippen MR) is 128 cm³/mol. The van der Waals surface area contributed by atoms with Crippen LogP contribution in [0.2, 0.25) is 5.02 Å². The number of nitrogens with zero attached hydrogens (tertiary/aromatic N) is 3. The summed E-state index contributed by atoms with van der Waals surface area (Å²) in [7, 11) is 1.49. The minimum atomic E-state index is -1.35. The van der Waals surface area contributed by atoms with E-state index < -0.39 is 29.2 Å². The number of aromatic amines is 1. The van der Waals surface area contributed by atoms with Crippen molar-refractivity contribution in [1.29, 1.82) is 0 Å². The van der Waals surface area contributed by atoms with Crippen LogP contribution >= 0.6 is 11.6 Å². The number of carbonyl (C=O) groups excluding carboxylic acids is 1. The molecular weight excluding hydrogens is 477 g/mol. The van der Waals surface area contributed by atoms with Gasteiger partial charge in [-0.25, -0.2) is 9.37 Å². The maximum absolute atomic E-state index is 14.5. The highest BCUT2D eigenvalue weighted by molar-refractivity contribution is 6.31. The number of halogens is 2. The number of ether oxygens (including phenoxy) is 1. The molecule has 1 saturated heterocycles. The number of nitrogens with one attached hydrogen (secondary N) is 2. The standard InChI is InChI=1S/C24H25ClFN5O4/c1-13-11-19(30-29-13)28-21-17(35-3)7-8-18(27-21)24(23(33)34)9-10-31(14(2)12-24)22(32)15-5-4-6-16(25)20(15)26/h4-8,11,14H,9-10,12H2,1-3H3,(H,33,34)(H2,27,28,29,30). The lowest BCUT2D eigenvalue weighted by atomic mass is 9.72. The fourth-order valence-electron chi connectivity index (χ4n) is 4.48. The van der Waals surface area contributed by atoms with Crippen molar-refractivity contribution in [3.63, 3.8) is 0 Å². The number of hydrogen-bond donors (Lipinski definition) is 3. The van der Waals surface area contributed by atoms with E-state index in [1.807, 2.05) is 6.92 Å². The Morgan fingerprint density at radius 1 is 1.34 bits per heavy atom. The summed E-state index contributed by atoms with van der Waals surface area (Å²) in [5, 5.41) is 20.2. The van der Waals surface area contributed by atoms with Crippen molar-refractivity contribution in [2.24, 2.45) is 0 Å². The van der Waals surface area contributed by atoms with Crippen molar-refractivity contribution < 1.29 is 23.8 Å². The molecule has 9 nitrogen and oxygen atoms in total. The van der Waals surface area contributed by atoms with Gasteiger partial charge in [0.25, 0.3) is 5.91 Å². The molecule has 11 heteroatoms. The zero-order valence-corrected chi connectivity index (χ0v) is 20.2.